The van der Waals surface area contributed by atoms with Crippen LogP contribution in [-0.2, 0) is 33.3 Å². The zero-order valence-electron chi connectivity index (χ0n) is 14.6. The number of methoxy groups -OCH3 is 1. The summed E-state index contributed by atoms with van der Waals surface area (Å²) in [7, 11) is 1.03. The largest absolute Gasteiger partial charge is 0.467 e. The molecule has 0 bridgehead atoms. The fraction of sp³-hybridized carbons (Fsp3) is 0.263. The molecule has 2 aromatic rings. The van der Waals surface area contributed by atoms with E-state index in [4.69, 9.17) is 0 Å². The average molecular weight is 401 g/mol. The Hall–Kier alpha value is -2.97. The molecule has 0 aliphatic carbocycles. The molecule has 0 saturated carbocycles. The van der Waals surface area contributed by atoms with E-state index in [2.05, 4.69) is 10.1 Å². The van der Waals surface area contributed by atoms with Crippen molar-refractivity contribution in [2.75, 3.05) is 7.11 Å². The number of esters is 1. The third-order valence-corrected chi connectivity index (χ3v) is 3.85. The Labute approximate surface area is 157 Å². The van der Waals surface area contributed by atoms with E-state index >= 15 is 0 Å². The Bertz CT molecular complexity index is 847. The number of carbonyl (C=O) groups is 2. The van der Waals surface area contributed by atoms with Crippen molar-refractivity contribution in [3.63, 3.8) is 0 Å². The van der Waals surface area contributed by atoms with Gasteiger partial charge in [-0.15, -0.1) is 0 Å². The van der Waals surface area contributed by atoms with E-state index in [0.717, 1.165) is 25.3 Å². The monoisotopic (exact) mass is 401 g/mol. The summed E-state index contributed by atoms with van der Waals surface area (Å²) in [5.41, 5.74) is -1.14. The van der Waals surface area contributed by atoms with Crippen LogP contribution < -0.4 is 5.32 Å². The van der Waals surface area contributed by atoms with E-state index in [0.29, 0.717) is 6.07 Å². The number of benzene rings is 2. The first-order valence-corrected chi connectivity index (χ1v) is 8.07. The van der Waals surface area contributed by atoms with Gasteiger partial charge < -0.3 is 10.1 Å². The van der Waals surface area contributed by atoms with Gasteiger partial charge in [0.15, 0.2) is 0 Å². The first-order chi connectivity index (χ1) is 13.1. The highest BCUT2D eigenvalue weighted by Gasteiger charge is 2.34. The summed E-state index contributed by atoms with van der Waals surface area (Å²) in [6.07, 6.45) is -5.57. The Morgan fingerprint density at radius 3 is 2.25 bits per heavy atom. The molecule has 9 heteroatoms. The summed E-state index contributed by atoms with van der Waals surface area (Å²) < 4.78 is 70.4. The van der Waals surface area contributed by atoms with Crippen molar-refractivity contribution in [1.82, 2.24) is 5.32 Å². The lowest BCUT2D eigenvalue weighted by atomic mass is 9.99. The normalized spacial score (nSPS) is 12.4. The molecular formula is C19H16F5NO3. The van der Waals surface area contributed by atoms with Crippen molar-refractivity contribution in [1.29, 1.82) is 0 Å². The molecule has 28 heavy (non-hydrogen) atoms. The van der Waals surface area contributed by atoms with Crippen molar-refractivity contribution in [2.45, 2.75) is 25.1 Å². The second kappa shape index (κ2) is 8.81. The topological polar surface area (TPSA) is 55.4 Å². The lowest BCUT2D eigenvalue weighted by Gasteiger charge is -2.19. The Balaban J connectivity index is 2.19. The molecule has 0 spiro atoms. The number of halogens is 5. The Morgan fingerprint density at radius 1 is 1.07 bits per heavy atom. The Morgan fingerprint density at radius 2 is 1.68 bits per heavy atom. The summed E-state index contributed by atoms with van der Waals surface area (Å²) in [4.78, 5) is 24.1. The highest BCUT2D eigenvalue weighted by molar-refractivity contribution is 5.85. The highest BCUT2D eigenvalue weighted by Crippen LogP contribution is 2.32. The van der Waals surface area contributed by atoms with E-state index in [1.54, 1.807) is 0 Å². The molecular weight excluding hydrogens is 385 g/mol. The molecule has 1 atom stereocenters. The average Bonchev–Trinajstić information content (AvgIpc) is 2.59. The zero-order valence-corrected chi connectivity index (χ0v) is 14.6. The predicted octanol–water partition coefficient (Wildman–Crippen LogP) is 3.43. The maximum Gasteiger partial charge on any atom is 0.416 e. The van der Waals surface area contributed by atoms with Crippen LogP contribution in [0.1, 0.15) is 16.7 Å². The van der Waals surface area contributed by atoms with Crippen LogP contribution in [0.5, 0.6) is 0 Å². The smallest absolute Gasteiger partial charge is 0.416 e. The molecule has 2 rings (SSSR count). The van der Waals surface area contributed by atoms with Crippen LogP contribution in [0.4, 0.5) is 22.0 Å². The lowest BCUT2D eigenvalue weighted by Crippen LogP contribution is -2.44. The molecule has 150 valence electrons. The van der Waals surface area contributed by atoms with Crippen LogP contribution in [-0.4, -0.2) is 25.0 Å². The van der Waals surface area contributed by atoms with Crippen LogP contribution in [0.15, 0.2) is 42.5 Å². The van der Waals surface area contributed by atoms with Gasteiger partial charge in [0.1, 0.15) is 17.7 Å². The maximum absolute atomic E-state index is 13.2. The molecule has 2 aromatic carbocycles. The number of alkyl halides is 3. The van der Waals surface area contributed by atoms with Crippen molar-refractivity contribution >= 4 is 11.9 Å². The standard InChI is InChI=1S/C19H16F5NO3/c1-28-18(27)16(9-12-4-2-3-5-15(12)19(22,23)24)25-17(26)8-11-6-13(20)10-14(21)7-11/h2-7,10,16H,8-9H2,1H3,(H,25,26)/t16-/m0/s1. The third-order valence-electron chi connectivity index (χ3n) is 3.85. The number of hydrogen-bond donors (Lipinski definition) is 1. The van der Waals surface area contributed by atoms with Crippen molar-refractivity contribution in [3.05, 3.63) is 70.8 Å². The van der Waals surface area contributed by atoms with Gasteiger partial charge in [-0.1, -0.05) is 18.2 Å². The minimum Gasteiger partial charge on any atom is -0.467 e. The van der Waals surface area contributed by atoms with Gasteiger partial charge in [-0.05, 0) is 29.3 Å². The molecule has 0 radical (unpaired) electrons. The van der Waals surface area contributed by atoms with Crippen molar-refractivity contribution in [3.8, 4) is 0 Å². The number of ether oxygens (including phenoxy) is 1. The van der Waals surface area contributed by atoms with Gasteiger partial charge in [0.25, 0.3) is 0 Å². The second-order valence-electron chi connectivity index (χ2n) is 5.96. The minimum atomic E-state index is -4.64. The summed E-state index contributed by atoms with van der Waals surface area (Å²) >= 11 is 0. The van der Waals surface area contributed by atoms with Crippen LogP contribution >= 0.6 is 0 Å². The summed E-state index contributed by atoms with van der Waals surface area (Å²) in [6.45, 7) is 0. The number of hydrogen-bond acceptors (Lipinski definition) is 3. The van der Waals surface area contributed by atoms with Gasteiger partial charge in [-0.3, -0.25) is 4.79 Å². The summed E-state index contributed by atoms with van der Waals surface area (Å²) in [5.74, 6) is -3.52. The lowest BCUT2D eigenvalue weighted by molar-refractivity contribution is -0.145. The van der Waals surface area contributed by atoms with Gasteiger partial charge in [0.05, 0.1) is 19.1 Å². The molecule has 0 aliphatic heterocycles. The molecule has 0 unspecified atom stereocenters. The molecule has 0 aromatic heterocycles. The first-order valence-electron chi connectivity index (χ1n) is 8.07. The quantitative estimate of drug-likeness (QED) is 0.596. The molecule has 1 amide bonds. The molecule has 0 saturated heterocycles. The zero-order chi connectivity index (χ0) is 20.9. The van der Waals surface area contributed by atoms with Crippen LogP contribution in [0.3, 0.4) is 0 Å². The fourth-order valence-electron chi connectivity index (χ4n) is 2.67. The molecule has 0 heterocycles. The van der Waals surface area contributed by atoms with Crippen molar-refractivity contribution in [2.24, 2.45) is 0 Å². The van der Waals surface area contributed by atoms with Gasteiger partial charge in [0.2, 0.25) is 5.91 Å². The SMILES string of the molecule is COC(=O)[C@H](Cc1ccccc1C(F)(F)F)NC(=O)Cc1cc(F)cc(F)c1. The van der Waals surface area contributed by atoms with Crippen LogP contribution in [0.25, 0.3) is 0 Å². The minimum absolute atomic E-state index is 0.00862. The number of rotatable bonds is 6. The van der Waals surface area contributed by atoms with E-state index in [1.165, 1.54) is 18.2 Å². The van der Waals surface area contributed by atoms with Gasteiger partial charge in [-0.2, -0.15) is 13.2 Å². The van der Waals surface area contributed by atoms with Crippen molar-refractivity contribution < 1.29 is 36.3 Å². The van der Waals surface area contributed by atoms with E-state index in [-0.39, 0.29) is 11.1 Å². The molecule has 1 N–H and O–H groups in total. The highest BCUT2D eigenvalue weighted by atomic mass is 19.4. The second-order valence-corrected chi connectivity index (χ2v) is 5.96. The fourth-order valence-corrected chi connectivity index (χ4v) is 2.67. The summed E-state index contributed by atoms with van der Waals surface area (Å²) in [5, 5.41) is 2.26. The number of carbonyl (C=O) groups excluding carboxylic acids is 2. The predicted molar refractivity (Wildman–Crippen MR) is 89.2 cm³/mol. The molecule has 0 aliphatic rings. The molecule has 4 nitrogen and oxygen atoms in total. The Kier molecular flexibility index (Phi) is 6.71. The van der Waals surface area contributed by atoms with Crippen LogP contribution in [0, 0.1) is 11.6 Å². The van der Waals surface area contributed by atoms with Gasteiger partial charge in [0, 0.05) is 12.5 Å². The number of amides is 1. The van der Waals surface area contributed by atoms with E-state index in [9.17, 15) is 31.5 Å². The molecule has 0 fully saturated rings. The van der Waals surface area contributed by atoms with E-state index in [1.807, 2.05) is 0 Å². The van der Waals surface area contributed by atoms with E-state index < -0.39 is 54.1 Å². The van der Waals surface area contributed by atoms with Crippen LogP contribution in [0.2, 0.25) is 0 Å². The third kappa shape index (κ3) is 5.77. The van der Waals surface area contributed by atoms with Gasteiger partial charge >= 0.3 is 12.1 Å². The maximum atomic E-state index is 13.2. The summed E-state index contributed by atoms with van der Waals surface area (Å²) in [6, 6.07) is 5.73. The van der Waals surface area contributed by atoms with Gasteiger partial charge in [-0.25, -0.2) is 13.6 Å². The first kappa shape index (κ1) is 21.3. The number of nitrogens with one attached hydrogen (secondary N) is 1.